The van der Waals surface area contributed by atoms with Gasteiger partial charge in [-0.2, -0.15) is 0 Å². The number of Topliss-reactive ketones (excluding diaryl/α,β-unsaturated/α-hetero) is 1. The molecule has 0 heterocycles. The van der Waals surface area contributed by atoms with Crippen LogP contribution in [0.15, 0.2) is 0 Å². The van der Waals surface area contributed by atoms with Crippen molar-refractivity contribution in [3.63, 3.8) is 0 Å². The molecule has 3 N–H and O–H groups in total. The lowest BCUT2D eigenvalue weighted by Crippen LogP contribution is -2.34. The summed E-state index contributed by atoms with van der Waals surface area (Å²) in [7, 11) is 0. The lowest BCUT2D eigenvalue weighted by atomic mass is 10.3. The highest BCUT2D eigenvalue weighted by molar-refractivity contribution is 6.29. The largest absolute Gasteiger partial charge is 0.368 e. The Hall–Kier alpha value is -1.10. The Bertz CT molecular complexity index is 205. The average Bonchev–Trinajstić information content (AvgIpc) is 2.00. The zero-order valence-electron chi connectivity index (χ0n) is 6.30. The molecule has 0 aliphatic heterocycles. The third kappa shape index (κ3) is 5.67. The summed E-state index contributed by atoms with van der Waals surface area (Å²) < 4.78 is 0. The Morgan fingerprint density at radius 1 is 1.33 bits per heavy atom. The van der Waals surface area contributed by atoms with Gasteiger partial charge in [-0.15, -0.1) is 11.6 Å². The van der Waals surface area contributed by atoms with Crippen LogP contribution in [0, 0.1) is 0 Å². The Kier molecular flexibility index (Phi) is 5.03. The van der Waals surface area contributed by atoms with Crippen LogP contribution in [-0.4, -0.2) is 30.0 Å². The van der Waals surface area contributed by atoms with E-state index in [4.69, 9.17) is 17.3 Å². The van der Waals surface area contributed by atoms with Crippen LogP contribution in [0.2, 0.25) is 0 Å². The van der Waals surface area contributed by atoms with Crippen LogP contribution in [0.25, 0.3) is 0 Å². The highest BCUT2D eigenvalue weighted by Gasteiger charge is 2.07. The summed E-state index contributed by atoms with van der Waals surface area (Å²) in [6.45, 7) is -0.256. The van der Waals surface area contributed by atoms with Crippen molar-refractivity contribution in [2.75, 3.05) is 12.4 Å². The van der Waals surface area contributed by atoms with E-state index < -0.39 is 17.6 Å². The minimum Gasteiger partial charge on any atom is -0.368 e. The first-order valence-corrected chi connectivity index (χ1v) is 3.72. The van der Waals surface area contributed by atoms with Crippen molar-refractivity contribution in [2.45, 2.75) is 6.42 Å². The molecular formula is C6H9ClN2O3. The summed E-state index contributed by atoms with van der Waals surface area (Å²) in [6.07, 6.45) is -0.309. The fraction of sp³-hybridized carbons (Fsp3) is 0.500. The van der Waals surface area contributed by atoms with Gasteiger partial charge in [0.15, 0.2) is 5.78 Å². The molecule has 12 heavy (non-hydrogen) atoms. The summed E-state index contributed by atoms with van der Waals surface area (Å²) in [4.78, 5) is 31.4. The first-order valence-electron chi connectivity index (χ1n) is 3.19. The van der Waals surface area contributed by atoms with Gasteiger partial charge >= 0.3 is 0 Å². The van der Waals surface area contributed by atoms with Crippen LogP contribution in [-0.2, 0) is 14.4 Å². The molecule has 0 aromatic rings. The second-order valence-corrected chi connectivity index (χ2v) is 2.36. The van der Waals surface area contributed by atoms with Crippen LogP contribution in [0.3, 0.4) is 0 Å². The number of halogens is 1. The van der Waals surface area contributed by atoms with Crippen LogP contribution in [0.4, 0.5) is 0 Å². The van der Waals surface area contributed by atoms with Crippen LogP contribution >= 0.6 is 11.6 Å². The molecular weight excluding hydrogens is 184 g/mol. The average molecular weight is 193 g/mol. The fourth-order valence-electron chi connectivity index (χ4n) is 0.475. The van der Waals surface area contributed by atoms with E-state index >= 15 is 0 Å². The van der Waals surface area contributed by atoms with Gasteiger partial charge < -0.3 is 11.1 Å². The first kappa shape index (κ1) is 10.9. The van der Waals surface area contributed by atoms with Gasteiger partial charge in [0, 0.05) is 0 Å². The fourth-order valence-corrected chi connectivity index (χ4v) is 0.569. The highest BCUT2D eigenvalue weighted by atomic mass is 35.5. The Morgan fingerprint density at radius 2 is 1.92 bits per heavy atom. The normalized spacial score (nSPS) is 9.08. The molecule has 2 amide bonds. The van der Waals surface area contributed by atoms with Crippen LogP contribution in [0.1, 0.15) is 6.42 Å². The number of hydrogen-bond donors (Lipinski definition) is 2. The maximum absolute atomic E-state index is 10.7. The van der Waals surface area contributed by atoms with Crippen molar-refractivity contribution in [2.24, 2.45) is 5.73 Å². The van der Waals surface area contributed by atoms with E-state index in [-0.39, 0.29) is 18.8 Å². The molecule has 0 unspecified atom stereocenters. The Labute approximate surface area is 74.2 Å². The molecule has 0 saturated heterocycles. The summed E-state index contributed by atoms with van der Waals surface area (Å²) in [6, 6.07) is 0. The van der Waals surface area contributed by atoms with Crippen molar-refractivity contribution < 1.29 is 14.4 Å². The molecule has 68 valence electrons. The lowest BCUT2D eigenvalue weighted by Gasteiger charge is -1.99. The van der Waals surface area contributed by atoms with E-state index in [9.17, 15) is 14.4 Å². The third-order valence-electron chi connectivity index (χ3n) is 0.967. The number of rotatable bonds is 5. The van der Waals surface area contributed by atoms with E-state index in [1.807, 2.05) is 0 Å². The van der Waals surface area contributed by atoms with E-state index in [2.05, 4.69) is 5.32 Å². The second kappa shape index (κ2) is 5.54. The number of ketones is 1. The number of alkyl halides is 1. The first-order chi connectivity index (χ1) is 5.56. The van der Waals surface area contributed by atoms with Gasteiger partial charge in [0.05, 0.1) is 18.8 Å². The lowest BCUT2D eigenvalue weighted by molar-refractivity contribution is -0.129. The predicted molar refractivity (Wildman–Crippen MR) is 42.5 cm³/mol. The maximum Gasteiger partial charge on any atom is 0.236 e. The second-order valence-electron chi connectivity index (χ2n) is 2.09. The van der Waals surface area contributed by atoms with Crippen molar-refractivity contribution in [3.8, 4) is 0 Å². The number of carbonyl (C=O) groups excluding carboxylic acids is 3. The van der Waals surface area contributed by atoms with Crippen molar-refractivity contribution in [1.82, 2.24) is 5.32 Å². The molecule has 0 bridgehead atoms. The van der Waals surface area contributed by atoms with Crippen molar-refractivity contribution in [1.29, 1.82) is 0 Å². The summed E-state index contributed by atoms with van der Waals surface area (Å²) in [5, 5.41) is 2.15. The van der Waals surface area contributed by atoms with Gasteiger partial charge in [0.25, 0.3) is 0 Å². The number of hydrogen-bond acceptors (Lipinski definition) is 3. The highest BCUT2D eigenvalue weighted by Crippen LogP contribution is 1.86. The number of nitrogens with two attached hydrogens (primary N) is 1. The molecule has 0 rings (SSSR count). The standard InChI is InChI=1S/C6H9ClN2O3/c7-2-4(10)1-6(12)9-3-5(8)11/h1-3H2,(H2,8,11)(H,9,12). The Morgan fingerprint density at radius 3 is 2.33 bits per heavy atom. The smallest absolute Gasteiger partial charge is 0.236 e. The van der Waals surface area contributed by atoms with E-state index in [0.717, 1.165) is 0 Å². The molecule has 0 aromatic heterocycles. The molecule has 0 fully saturated rings. The molecule has 0 radical (unpaired) electrons. The zero-order chi connectivity index (χ0) is 9.56. The minimum absolute atomic E-state index is 0.204. The van der Waals surface area contributed by atoms with Gasteiger partial charge in [0.2, 0.25) is 11.8 Å². The summed E-state index contributed by atoms with van der Waals surface area (Å²) >= 11 is 5.14. The summed E-state index contributed by atoms with van der Waals surface area (Å²) in [5.41, 5.74) is 4.74. The van der Waals surface area contributed by atoms with Gasteiger partial charge in [-0.25, -0.2) is 0 Å². The zero-order valence-corrected chi connectivity index (χ0v) is 7.06. The van der Waals surface area contributed by atoms with Gasteiger partial charge in [0.1, 0.15) is 0 Å². The predicted octanol–water partition coefficient (Wildman–Crippen LogP) is -1.21. The molecule has 0 atom stereocenters. The molecule has 6 heteroatoms. The van der Waals surface area contributed by atoms with Gasteiger partial charge in [-0.05, 0) is 0 Å². The topological polar surface area (TPSA) is 89.3 Å². The van der Waals surface area contributed by atoms with E-state index in [1.165, 1.54) is 0 Å². The van der Waals surface area contributed by atoms with E-state index in [0.29, 0.717) is 0 Å². The van der Waals surface area contributed by atoms with Crippen molar-refractivity contribution in [3.05, 3.63) is 0 Å². The SMILES string of the molecule is NC(=O)CNC(=O)CC(=O)CCl. The van der Waals surface area contributed by atoms with Gasteiger partial charge in [-0.3, -0.25) is 14.4 Å². The molecule has 0 aliphatic carbocycles. The molecule has 0 aliphatic rings. The summed E-state index contributed by atoms with van der Waals surface area (Å²) in [5.74, 6) is -1.79. The number of carbonyl (C=O) groups is 3. The molecule has 0 saturated carbocycles. The van der Waals surface area contributed by atoms with Crippen molar-refractivity contribution >= 4 is 29.2 Å². The van der Waals surface area contributed by atoms with E-state index in [1.54, 1.807) is 0 Å². The molecule has 0 spiro atoms. The van der Waals surface area contributed by atoms with Crippen LogP contribution < -0.4 is 11.1 Å². The minimum atomic E-state index is -0.651. The Balaban J connectivity index is 3.60. The number of primary amides is 1. The molecule has 0 aromatic carbocycles. The quantitative estimate of drug-likeness (QED) is 0.423. The number of nitrogens with one attached hydrogen (secondary N) is 1. The number of amides is 2. The van der Waals surface area contributed by atoms with Crippen LogP contribution in [0.5, 0.6) is 0 Å². The molecule has 5 nitrogen and oxygen atoms in total. The van der Waals surface area contributed by atoms with Gasteiger partial charge in [-0.1, -0.05) is 0 Å². The monoisotopic (exact) mass is 192 g/mol. The third-order valence-corrected chi connectivity index (χ3v) is 1.26. The maximum atomic E-state index is 10.7.